The molecule has 1 saturated heterocycles. The summed E-state index contributed by atoms with van der Waals surface area (Å²) in [4.78, 5) is 25.9. The number of hydrogen-bond acceptors (Lipinski definition) is 5. The number of aryl methyl sites for hydroxylation is 1. The van der Waals surface area contributed by atoms with E-state index in [4.69, 9.17) is 4.42 Å². The monoisotopic (exact) mass is 372 g/mol. The van der Waals surface area contributed by atoms with E-state index in [-0.39, 0.29) is 5.91 Å². The largest absolute Gasteiger partial charge is 0.433 e. The van der Waals surface area contributed by atoms with Gasteiger partial charge in [0.25, 0.3) is 5.91 Å². The Kier molecular flexibility index (Phi) is 3.97. The van der Waals surface area contributed by atoms with Gasteiger partial charge in [-0.3, -0.25) is 4.79 Å². The van der Waals surface area contributed by atoms with Crippen molar-refractivity contribution in [2.24, 2.45) is 0 Å². The number of carbonyl (C=O) groups excluding carboxylic acids is 1. The van der Waals surface area contributed by atoms with E-state index in [1.54, 1.807) is 12.3 Å². The Bertz CT molecular complexity index is 1160. The van der Waals surface area contributed by atoms with Crippen molar-refractivity contribution in [3.8, 4) is 0 Å². The number of carbonyl (C=O) groups is 1. The lowest BCUT2D eigenvalue weighted by molar-refractivity contribution is 0.0716. The van der Waals surface area contributed by atoms with E-state index in [1.807, 2.05) is 48.2 Å². The van der Waals surface area contributed by atoms with Crippen LogP contribution in [0.3, 0.4) is 0 Å². The molecule has 0 spiro atoms. The number of nitrogens with zero attached hydrogens (tertiary/aromatic N) is 4. The first-order valence-corrected chi connectivity index (χ1v) is 9.43. The van der Waals surface area contributed by atoms with Crippen LogP contribution in [-0.4, -0.2) is 47.0 Å². The zero-order valence-electron chi connectivity index (χ0n) is 15.6. The Morgan fingerprint density at radius 2 is 1.86 bits per heavy atom. The number of fused-ring (bicyclic) bond motifs is 2. The molecule has 1 aromatic carbocycles. The minimum atomic E-state index is -0.0843. The van der Waals surface area contributed by atoms with Crippen LogP contribution < -0.4 is 4.90 Å². The van der Waals surface area contributed by atoms with Crippen LogP contribution in [0.25, 0.3) is 22.0 Å². The molecule has 1 aliphatic rings. The predicted octanol–water partition coefficient (Wildman–Crippen LogP) is 3.65. The Hall–Kier alpha value is -3.41. The van der Waals surface area contributed by atoms with E-state index in [0.29, 0.717) is 24.6 Å². The smallest absolute Gasteiger partial charge is 0.289 e. The Morgan fingerprint density at radius 1 is 1.00 bits per heavy atom. The molecule has 6 nitrogen and oxygen atoms in total. The van der Waals surface area contributed by atoms with Gasteiger partial charge in [0.15, 0.2) is 5.76 Å². The summed E-state index contributed by atoms with van der Waals surface area (Å²) in [5.41, 5.74) is 2.53. The van der Waals surface area contributed by atoms with Crippen molar-refractivity contribution >= 4 is 33.7 Å². The highest BCUT2D eigenvalue weighted by Crippen LogP contribution is 2.25. The highest BCUT2D eigenvalue weighted by molar-refractivity contribution is 5.98. The molecule has 0 atom stereocenters. The molecule has 0 saturated carbocycles. The van der Waals surface area contributed by atoms with Gasteiger partial charge in [0.2, 0.25) is 5.71 Å². The second-order valence-electron chi connectivity index (χ2n) is 7.16. The third-order valence-corrected chi connectivity index (χ3v) is 5.21. The third-order valence-electron chi connectivity index (χ3n) is 5.21. The molecule has 1 amide bonds. The SMILES string of the molecule is Cc1ccc2cc3cc(C(=O)N4CCN(c5ccccn5)CC4)oc3nc2c1. The van der Waals surface area contributed by atoms with Crippen LogP contribution in [0.4, 0.5) is 5.82 Å². The van der Waals surface area contributed by atoms with Crippen LogP contribution >= 0.6 is 0 Å². The molecule has 4 heterocycles. The van der Waals surface area contributed by atoms with Crippen molar-refractivity contribution < 1.29 is 9.21 Å². The molecule has 5 rings (SSSR count). The minimum Gasteiger partial charge on any atom is -0.433 e. The number of piperazine rings is 1. The van der Waals surface area contributed by atoms with E-state index in [1.165, 1.54) is 0 Å². The van der Waals surface area contributed by atoms with Crippen LogP contribution in [-0.2, 0) is 0 Å². The van der Waals surface area contributed by atoms with Gasteiger partial charge in [-0.1, -0.05) is 18.2 Å². The van der Waals surface area contributed by atoms with Crippen molar-refractivity contribution in [3.63, 3.8) is 0 Å². The van der Waals surface area contributed by atoms with Crippen LogP contribution in [0.2, 0.25) is 0 Å². The van der Waals surface area contributed by atoms with E-state index in [2.05, 4.69) is 20.9 Å². The maximum absolute atomic E-state index is 12.9. The van der Waals surface area contributed by atoms with Gasteiger partial charge in [-0.05, 0) is 42.8 Å². The molecule has 4 aromatic rings. The Morgan fingerprint density at radius 3 is 2.64 bits per heavy atom. The number of aromatic nitrogens is 2. The van der Waals surface area contributed by atoms with Crippen LogP contribution in [0, 0.1) is 6.92 Å². The number of pyridine rings is 2. The first-order valence-electron chi connectivity index (χ1n) is 9.43. The van der Waals surface area contributed by atoms with Crippen molar-refractivity contribution in [1.29, 1.82) is 0 Å². The topological polar surface area (TPSA) is 62.5 Å². The zero-order chi connectivity index (χ0) is 19.1. The summed E-state index contributed by atoms with van der Waals surface area (Å²) in [6, 6.07) is 15.8. The average Bonchev–Trinajstić information content (AvgIpc) is 3.15. The lowest BCUT2D eigenvalue weighted by atomic mass is 10.1. The standard InChI is InChI=1S/C22H20N4O2/c1-15-5-6-16-13-17-14-19(28-21(17)24-18(16)12-15)22(27)26-10-8-25(9-11-26)20-4-2-3-7-23-20/h2-7,12-14H,8-11H2,1H3. The summed E-state index contributed by atoms with van der Waals surface area (Å²) in [6.07, 6.45) is 1.79. The molecule has 3 aromatic heterocycles. The van der Waals surface area contributed by atoms with Crippen LogP contribution in [0.15, 0.2) is 59.1 Å². The van der Waals surface area contributed by atoms with Gasteiger partial charge in [-0.15, -0.1) is 0 Å². The Labute approximate surface area is 162 Å². The number of rotatable bonds is 2. The molecule has 1 fully saturated rings. The molecule has 0 unspecified atom stereocenters. The van der Waals surface area contributed by atoms with Gasteiger partial charge in [-0.25, -0.2) is 9.97 Å². The molecule has 1 aliphatic heterocycles. The normalized spacial score (nSPS) is 14.8. The van der Waals surface area contributed by atoms with Gasteiger partial charge in [0, 0.05) is 43.1 Å². The van der Waals surface area contributed by atoms with Gasteiger partial charge < -0.3 is 14.2 Å². The Balaban J connectivity index is 1.36. The van der Waals surface area contributed by atoms with Gasteiger partial charge in [0.05, 0.1) is 5.52 Å². The third kappa shape index (κ3) is 2.97. The van der Waals surface area contributed by atoms with Crippen LogP contribution in [0.1, 0.15) is 16.1 Å². The molecule has 0 bridgehead atoms. The maximum atomic E-state index is 12.9. The zero-order valence-corrected chi connectivity index (χ0v) is 15.6. The highest BCUT2D eigenvalue weighted by Gasteiger charge is 2.25. The van der Waals surface area contributed by atoms with Gasteiger partial charge >= 0.3 is 0 Å². The van der Waals surface area contributed by atoms with E-state index < -0.39 is 0 Å². The van der Waals surface area contributed by atoms with Crippen molar-refractivity contribution in [1.82, 2.24) is 14.9 Å². The first kappa shape index (κ1) is 16.7. The number of anilines is 1. The van der Waals surface area contributed by atoms with Crippen LogP contribution in [0.5, 0.6) is 0 Å². The van der Waals surface area contributed by atoms with Gasteiger partial charge in [-0.2, -0.15) is 0 Å². The molecule has 28 heavy (non-hydrogen) atoms. The summed E-state index contributed by atoms with van der Waals surface area (Å²) in [6.45, 7) is 4.82. The fraction of sp³-hybridized carbons (Fsp3) is 0.227. The van der Waals surface area contributed by atoms with Crippen molar-refractivity contribution in [3.05, 3.63) is 66.1 Å². The summed E-state index contributed by atoms with van der Waals surface area (Å²) in [7, 11) is 0. The number of amides is 1. The lowest BCUT2D eigenvalue weighted by Crippen LogP contribution is -2.49. The lowest BCUT2D eigenvalue weighted by Gasteiger charge is -2.34. The van der Waals surface area contributed by atoms with Crippen molar-refractivity contribution in [2.45, 2.75) is 6.92 Å². The molecule has 6 heteroatoms. The minimum absolute atomic E-state index is 0.0843. The second-order valence-corrected chi connectivity index (χ2v) is 7.16. The second kappa shape index (κ2) is 6.64. The van der Waals surface area contributed by atoms with E-state index in [9.17, 15) is 4.79 Å². The number of furan rings is 1. The molecule has 0 radical (unpaired) electrons. The average molecular weight is 372 g/mol. The summed E-state index contributed by atoms with van der Waals surface area (Å²) in [5, 5.41) is 1.90. The summed E-state index contributed by atoms with van der Waals surface area (Å²) < 4.78 is 5.81. The summed E-state index contributed by atoms with van der Waals surface area (Å²) in [5.74, 6) is 1.21. The molecule has 0 aliphatic carbocycles. The van der Waals surface area contributed by atoms with Gasteiger partial charge in [0.1, 0.15) is 5.82 Å². The van der Waals surface area contributed by atoms with Crippen molar-refractivity contribution in [2.75, 3.05) is 31.1 Å². The van der Waals surface area contributed by atoms with E-state index in [0.717, 1.165) is 40.8 Å². The molecule has 140 valence electrons. The number of benzene rings is 1. The fourth-order valence-electron chi connectivity index (χ4n) is 3.68. The predicted molar refractivity (Wildman–Crippen MR) is 109 cm³/mol. The first-order chi connectivity index (χ1) is 13.7. The molecular formula is C22H20N4O2. The van der Waals surface area contributed by atoms with E-state index >= 15 is 0 Å². The molecular weight excluding hydrogens is 352 g/mol. The fourth-order valence-corrected chi connectivity index (χ4v) is 3.68. The number of hydrogen-bond donors (Lipinski definition) is 0. The highest BCUT2D eigenvalue weighted by atomic mass is 16.4. The molecule has 0 N–H and O–H groups in total. The quantitative estimate of drug-likeness (QED) is 0.537. The summed E-state index contributed by atoms with van der Waals surface area (Å²) >= 11 is 0. The maximum Gasteiger partial charge on any atom is 0.289 e.